The number of hydrogen-bond acceptors (Lipinski definition) is 4. The minimum atomic E-state index is -2.86. The van der Waals surface area contributed by atoms with Gasteiger partial charge in [0.15, 0.2) is 5.96 Å². The first-order valence-corrected chi connectivity index (χ1v) is 8.32. The molecule has 0 aliphatic heterocycles. The van der Waals surface area contributed by atoms with E-state index >= 15 is 0 Å². The number of benzene rings is 1. The number of ether oxygens (including phenoxy) is 1. The maximum absolute atomic E-state index is 12.1. The molecule has 0 fully saturated rings. The maximum atomic E-state index is 12.1. The van der Waals surface area contributed by atoms with E-state index in [4.69, 9.17) is 0 Å². The van der Waals surface area contributed by atoms with Crippen LogP contribution in [0.2, 0.25) is 0 Å². The van der Waals surface area contributed by atoms with Crippen molar-refractivity contribution in [3.05, 3.63) is 29.8 Å². The molecule has 1 aromatic rings. The summed E-state index contributed by atoms with van der Waals surface area (Å²) in [7, 11) is 4.04. The van der Waals surface area contributed by atoms with E-state index in [0.717, 1.165) is 26.1 Å². The Morgan fingerprint density at radius 1 is 1.23 bits per heavy atom. The lowest BCUT2D eigenvalue weighted by atomic mass is 10.1. The van der Waals surface area contributed by atoms with Gasteiger partial charge in [-0.05, 0) is 51.7 Å². The van der Waals surface area contributed by atoms with Crippen molar-refractivity contribution >= 4 is 29.9 Å². The molecule has 1 unspecified atom stereocenters. The molecule has 0 saturated carbocycles. The summed E-state index contributed by atoms with van der Waals surface area (Å²) < 4.78 is 28.5. The van der Waals surface area contributed by atoms with Gasteiger partial charge in [0, 0.05) is 13.1 Å². The van der Waals surface area contributed by atoms with Crippen LogP contribution < -0.4 is 15.4 Å². The van der Waals surface area contributed by atoms with Crippen molar-refractivity contribution in [1.82, 2.24) is 15.5 Å². The first-order valence-electron chi connectivity index (χ1n) is 8.32. The molecule has 9 heteroatoms. The van der Waals surface area contributed by atoms with Crippen molar-refractivity contribution in [2.45, 2.75) is 26.1 Å². The first kappa shape index (κ1) is 24.8. The van der Waals surface area contributed by atoms with Gasteiger partial charge in [0.25, 0.3) is 0 Å². The molecule has 0 aliphatic carbocycles. The molecule has 0 aromatic heterocycles. The highest BCUT2D eigenvalue weighted by Crippen LogP contribution is 2.19. The second kappa shape index (κ2) is 13.9. The van der Waals surface area contributed by atoms with E-state index in [1.165, 1.54) is 12.1 Å². The van der Waals surface area contributed by atoms with Crippen LogP contribution in [0.3, 0.4) is 0 Å². The molecule has 0 radical (unpaired) electrons. The summed E-state index contributed by atoms with van der Waals surface area (Å²) in [5.41, 5.74) is 0.592. The van der Waals surface area contributed by atoms with Crippen LogP contribution in [0.15, 0.2) is 29.3 Å². The molecule has 1 atom stereocenters. The molecule has 0 spiro atoms. The van der Waals surface area contributed by atoms with E-state index < -0.39 is 12.7 Å². The highest BCUT2D eigenvalue weighted by Gasteiger charge is 2.09. The van der Waals surface area contributed by atoms with E-state index in [9.17, 15) is 13.9 Å². The fourth-order valence-corrected chi connectivity index (χ4v) is 2.10. The predicted octanol–water partition coefficient (Wildman–Crippen LogP) is 2.45. The highest BCUT2D eigenvalue weighted by atomic mass is 127. The average molecular weight is 486 g/mol. The fourth-order valence-electron chi connectivity index (χ4n) is 2.10. The molecule has 0 aliphatic rings. The zero-order valence-electron chi connectivity index (χ0n) is 15.4. The normalized spacial score (nSPS) is 12.7. The van der Waals surface area contributed by atoms with Crippen LogP contribution in [0.4, 0.5) is 8.78 Å². The summed E-state index contributed by atoms with van der Waals surface area (Å²) >= 11 is 0. The summed E-state index contributed by atoms with van der Waals surface area (Å²) in [5.74, 6) is 0.698. The van der Waals surface area contributed by atoms with Crippen LogP contribution in [-0.4, -0.2) is 62.9 Å². The summed E-state index contributed by atoms with van der Waals surface area (Å²) in [6, 6.07) is 5.91. The molecular weight excluding hydrogens is 457 g/mol. The fraction of sp³-hybridized carbons (Fsp3) is 0.588. The van der Waals surface area contributed by atoms with Gasteiger partial charge in [0.2, 0.25) is 0 Å². The third-order valence-electron chi connectivity index (χ3n) is 3.33. The number of aliphatic hydroxyl groups is 1. The van der Waals surface area contributed by atoms with Crippen molar-refractivity contribution in [1.29, 1.82) is 0 Å². The summed E-state index contributed by atoms with van der Waals surface area (Å²) in [4.78, 5) is 6.46. The lowest BCUT2D eigenvalue weighted by Gasteiger charge is -2.15. The number of nitrogens with zero attached hydrogens (tertiary/aromatic N) is 2. The van der Waals surface area contributed by atoms with Crippen LogP contribution in [0, 0.1) is 0 Å². The molecular formula is C17H29F2IN4O2. The molecule has 150 valence electrons. The third-order valence-corrected chi connectivity index (χ3v) is 3.33. The minimum Gasteiger partial charge on any atom is -0.435 e. The molecule has 6 nitrogen and oxygen atoms in total. The average Bonchev–Trinajstić information content (AvgIpc) is 2.56. The van der Waals surface area contributed by atoms with Gasteiger partial charge in [-0.3, -0.25) is 4.99 Å². The van der Waals surface area contributed by atoms with E-state index in [1.807, 2.05) is 21.0 Å². The summed E-state index contributed by atoms with van der Waals surface area (Å²) in [6.07, 6.45) is 0.156. The molecule has 0 amide bonds. The number of nitrogens with one attached hydrogen (secondary N) is 2. The monoisotopic (exact) mass is 486 g/mol. The van der Waals surface area contributed by atoms with Crippen LogP contribution >= 0.6 is 24.0 Å². The van der Waals surface area contributed by atoms with Crippen molar-refractivity contribution in [2.24, 2.45) is 4.99 Å². The predicted molar refractivity (Wildman–Crippen MR) is 111 cm³/mol. The van der Waals surface area contributed by atoms with E-state index in [-0.39, 0.29) is 36.3 Å². The Morgan fingerprint density at radius 2 is 1.88 bits per heavy atom. The Kier molecular flexibility index (Phi) is 13.3. The van der Waals surface area contributed by atoms with E-state index in [0.29, 0.717) is 11.5 Å². The number of guanidine groups is 1. The van der Waals surface area contributed by atoms with Gasteiger partial charge in [0.1, 0.15) is 5.75 Å². The van der Waals surface area contributed by atoms with Crippen molar-refractivity contribution in [2.75, 3.05) is 40.3 Å². The smallest absolute Gasteiger partial charge is 0.387 e. The van der Waals surface area contributed by atoms with E-state index in [1.54, 1.807) is 12.1 Å². The van der Waals surface area contributed by atoms with Crippen molar-refractivity contribution < 1.29 is 18.6 Å². The Labute approximate surface area is 171 Å². The number of rotatable bonds is 10. The third kappa shape index (κ3) is 10.7. The number of hydrogen-bond donors (Lipinski definition) is 3. The van der Waals surface area contributed by atoms with E-state index in [2.05, 4.69) is 25.3 Å². The van der Waals surface area contributed by atoms with Crippen LogP contribution in [0.5, 0.6) is 5.75 Å². The zero-order valence-corrected chi connectivity index (χ0v) is 17.7. The number of halogens is 3. The standard InChI is InChI=1S/C17H28F2N4O2.HI/c1-4-20-17(21-10-5-11-23(2)3)22-12-15(24)13-6-8-14(9-7-13)25-16(18)19;/h6-9,15-16,24H,4-5,10-12H2,1-3H3,(H2,20,21,22);1H. The minimum absolute atomic E-state index is 0. The van der Waals surface area contributed by atoms with Crippen molar-refractivity contribution in [3.8, 4) is 5.75 Å². The lowest BCUT2D eigenvalue weighted by molar-refractivity contribution is -0.0498. The van der Waals surface area contributed by atoms with Crippen molar-refractivity contribution in [3.63, 3.8) is 0 Å². The van der Waals surface area contributed by atoms with Crippen LogP contribution in [-0.2, 0) is 0 Å². The number of alkyl halides is 2. The maximum Gasteiger partial charge on any atom is 0.387 e. The topological polar surface area (TPSA) is 69.1 Å². The van der Waals surface area contributed by atoms with Crippen LogP contribution in [0.1, 0.15) is 25.0 Å². The highest BCUT2D eigenvalue weighted by molar-refractivity contribution is 14.0. The van der Waals surface area contributed by atoms with Gasteiger partial charge in [0.05, 0.1) is 12.6 Å². The molecule has 1 rings (SSSR count). The number of aliphatic hydroxyl groups excluding tert-OH is 1. The Morgan fingerprint density at radius 3 is 2.42 bits per heavy atom. The van der Waals surface area contributed by atoms with Gasteiger partial charge in [-0.1, -0.05) is 12.1 Å². The van der Waals surface area contributed by atoms with Gasteiger partial charge < -0.3 is 25.4 Å². The first-order chi connectivity index (χ1) is 11.9. The number of aliphatic imine (C=N–C) groups is 1. The Hall–Kier alpha value is -1.20. The zero-order chi connectivity index (χ0) is 18.7. The Balaban J connectivity index is 0.00000625. The van der Waals surface area contributed by atoms with Gasteiger partial charge in [-0.15, -0.1) is 24.0 Å². The summed E-state index contributed by atoms with van der Waals surface area (Å²) in [5, 5.41) is 16.5. The largest absolute Gasteiger partial charge is 0.435 e. The van der Waals surface area contributed by atoms with Gasteiger partial charge in [-0.25, -0.2) is 0 Å². The SMILES string of the molecule is CCNC(=NCC(O)c1ccc(OC(F)F)cc1)NCCCN(C)C.I. The Bertz CT molecular complexity index is 516. The second-order valence-corrected chi connectivity index (χ2v) is 5.77. The summed E-state index contributed by atoms with van der Waals surface area (Å²) in [6.45, 7) is 1.74. The second-order valence-electron chi connectivity index (χ2n) is 5.77. The molecule has 26 heavy (non-hydrogen) atoms. The molecule has 3 N–H and O–H groups in total. The molecule has 0 saturated heterocycles. The van der Waals surface area contributed by atoms with Crippen LogP contribution in [0.25, 0.3) is 0 Å². The quantitative estimate of drug-likeness (QED) is 0.205. The molecule has 1 aromatic carbocycles. The van der Waals surface area contributed by atoms with Gasteiger partial charge >= 0.3 is 6.61 Å². The molecule has 0 bridgehead atoms. The van der Waals surface area contributed by atoms with Gasteiger partial charge in [-0.2, -0.15) is 8.78 Å². The molecule has 0 heterocycles. The lowest BCUT2D eigenvalue weighted by Crippen LogP contribution is -2.38.